The van der Waals surface area contributed by atoms with Crippen LogP contribution in [0.15, 0.2) is 21.9 Å². The molecule has 0 saturated heterocycles. The summed E-state index contributed by atoms with van der Waals surface area (Å²) in [5.74, 6) is 0. The molecule has 0 aromatic heterocycles. The second-order valence-electron chi connectivity index (χ2n) is 2.57. The Morgan fingerprint density at radius 1 is 1.27 bits per heavy atom. The maximum absolute atomic E-state index is 4.36. The number of hydrogen-bond donors (Lipinski definition) is 2. The molecule has 60 valence electrons. The Bertz CT molecular complexity index is 267. The number of benzene rings is 1. The second kappa shape index (κ2) is 3.55. The van der Waals surface area contributed by atoms with Crippen molar-refractivity contribution < 1.29 is 0 Å². The molecule has 0 spiro atoms. The molecule has 0 unspecified atom stereocenters. The van der Waals surface area contributed by atoms with Crippen LogP contribution in [0, 0.1) is 6.92 Å². The Morgan fingerprint density at radius 3 is 2.45 bits per heavy atom. The summed E-state index contributed by atoms with van der Waals surface area (Å²) in [6.45, 7) is 4.23. The van der Waals surface area contributed by atoms with Crippen molar-refractivity contribution >= 4 is 25.3 Å². The molecule has 0 radical (unpaired) electrons. The third kappa shape index (κ3) is 1.74. The zero-order valence-electron chi connectivity index (χ0n) is 6.76. The van der Waals surface area contributed by atoms with E-state index in [1.54, 1.807) is 0 Å². The van der Waals surface area contributed by atoms with Crippen molar-refractivity contribution in [2.75, 3.05) is 0 Å². The van der Waals surface area contributed by atoms with Gasteiger partial charge in [-0.05, 0) is 30.5 Å². The van der Waals surface area contributed by atoms with E-state index in [-0.39, 0.29) is 0 Å². The maximum atomic E-state index is 4.36. The van der Waals surface area contributed by atoms with E-state index in [2.05, 4.69) is 45.2 Å². The van der Waals surface area contributed by atoms with Gasteiger partial charge < -0.3 is 0 Å². The molecular formula is C9H12S2. The van der Waals surface area contributed by atoms with E-state index in [4.69, 9.17) is 0 Å². The first-order valence-corrected chi connectivity index (χ1v) is 4.56. The van der Waals surface area contributed by atoms with Gasteiger partial charge in [-0.2, -0.15) is 0 Å². The highest BCUT2D eigenvalue weighted by molar-refractivity contribution is 7.83. The second-order valence-corrected chi connectivity index (χ2v) is 3.50. The summed E-state index contributed by atoms with van der Waals surface area (Å²) in [6.07, 6.45) is 1.06. The molecule has 0 aliphatic rings. The third-order valence-corrected chi connectivity index (χ3v) is 3.03. The van der Waals surface area contributed by atoms with E-state index >= 15 is 0 Å². The van der Waals surface area contributed by atoms with E-state index in [1.165, 1.54) is 11.1 Å². The predicted molar refractivity (Wildman–Crippen MR) is 55.1 cm³/mol. The molecule has 0 bridgehead atoms. The van der Waals surface area contributed by atoms with E-state index in [0.29, 0.717) is 0 Å². The van der Waals surface area contributed by atoms with Gasteiger partial charge in [0, 0.05) is 9.79 Å². The summed E-state index contributed by atoms with van der Waals surface area (Å²) in [7, 11) is 0. The molecule has 1 rings (SSSR count). The van der Waals surface area contributed by atoms with E-state index in [0.717, 1.165) is 16.2 Å². The van der Waals surface area contributed by atoms with Crippen LogP contribution in [0.5, 0.6) is 0 Å². The zero-order chi connectivity index (χ0) is 8.43. The number of aryl methyl sites for hydroxylation is 1. The molecule has 0 N–H and O–H groups in total. The first-order chi connectivity index (χ1) is 5.16. The number of rotatable bonds is 1. The topological polar surface area (TPSA) is 0 Å². The molecule has 2 heteroatoms. The normalized spacial score (nSPS) is 10.2. The average Bonchev–Trinajstić information content (AvgIpc) is 2.01. The molecular weight excluding hydrogens is 172 g/mol. The van der Waals surface area contributed by atoms with Crippen molar-refractivity contribution in [2.24, 2.45) is 0 Å². The Labute approximate surface area is 78.8 Å². The highest BCUT2D eigenvalue weighted by atomic mass is 32.1. The summed E-state index contributed by atoms with van der Waals surface area (Å²) >= 11 is 8.64. The van der Waals surface area contributed by atoms with E-state index in [9.17, 15) is 0 Å². The van der Waals surface area contributed by atoms with Gasteiger partial charge in [0.05, 0.1) is 0 Å². The Kier molecular flexibility index (Phi) is 2.90. The van der Waals surface area contributed by atoms with Crippen molar-refractivity contribution in [3.8, 4) is 0 Å². The Hall–Kier alpha value is -0.0800. The molecule has 0 fully saturated rings. The lowest BCUT2D eigenvalue weighted by atomic mass is 10.1. The molecule has 1 aromatic carbocycles. The van der Waals surface area contributed by atoms with Gasteiger partial charge in [-0.3, -0.25) is 0 Å². The highest BCUT2D eigenvalue weighted by Crippen LogP contribution is 2.24. The Balaban J connectivity index is 3.25. The summed E-state index contributed by atoms with van der Waals surface area (Å²) in [5.41, 5.74) is 2.61. The molecule has 11 heavy (non-hydrogen) atoms. The fourth-order valence-electron chi connectivity index (χ4n) is 1.11. The lowest BCUT2D eigenvalue weighted by Gasteiger charge is -2.07. The largest absolute Gasteiger partial charge is 0.142 e. The van der Waals surface area contributed by atoms with Crippen molar-refractivity contribution in [1.29, 1.82) is 0 Å². The smallest absolute Gasteiger partial charge is 0.0206 e. The molecule has 0 aliphatic carbocycles. The fraction of sp³-hybridized carbons (Fsp3) is 0.333. The SMILES string of the molecule is CCc1ccc(S)c(S)c1C. The summed E-state index contributed by atoms with van der Waals surface area (Å²) in [5, 5.41) is 0. The van der Waals surface area contributed by atoms with Gasteiger partial charge in [0.2, 0.25) is 0 Å². The van der Waals surface area contributed by atoms with Crippen molar-refractivity contribution in [1.82, 2.24) is 0 Å². The zero-order valence-corrected chi connectivity index (χ0v) is 8.55. The Morgan fingerprint density at radius 2 is 1.91 bits per heavy atom. The van der Waals surface area contributed by atoms with Crippen LogP contribution in [-0.2, 0) is 6.42 Å². The van der Waals surface area contributed by atoms with Crippen molar-refractivity contribution in [2.45, 2.75) is 30.1 Å². The highest BCUT2D eigenvalue weighted by Gasteiger charge is 2.01. The predicted octanol–water partition coefficient (Wildman–Crippen LogP) is 3.13. The molecule has 0 nitrogen and oxygen atoms in total. The van der Waals surface area contributed by atoms with Crippen LogP contribution in [-0.4, -0.2) is 0 Å². The molecule has 0 saturated carbocycles. The van der Waals surface area contributed by atoms with Crippen LogP contribution in [0.1, 0.15) is 18.1 Å². The first-order valence-electron chi connectivity index (χ1n) is 3.67. The molecule has 0 amide bonds. The quantitative estimate of drug-likeness (QED) is 0.616. The minimum Gasteiger partial charge on any atom is -0.142 e. The van der Waals surface area contributed by atoms with Gasteiger partial charge in [0.1, 0.15) is 0 Å². The molecule has 0 atom stereocenters. The van der Waals surface area contributed by atoms with Crippen LogP contribution in [0.2, 0.25) is 0 Å². The lowest BCUT2D eigenvalue weighted by Crippen LogP contribution is -1.88. The fourth-order valence-corrected chi connectivity index (χ4v) is 1.57. The van der Waals surface area contributed by atoms with E-state index in [1.807, 2.05) is 6.07 Å². The van der Waals surface area contributed by atoms with Crippen LogP contribution >= 0.6 is 25.3 Å². The van der Waals surface area contributed by atoms with Gasteiger partial charge in [-0.15, -0.1) is 25.3 Å². The van der Waals surface area contributed by atoms with Crippen LogP contribution in [0.3, 0.4) is 0 Å². The molecule has 1 aromatic rings. The maximum Gasteiger partial charge on any atom is 0.0206 e. The number of hydrogen-bond acceptors (Lipinski definition) is 2. The third-order valence-electron chi connectivity index (χ3n) is 1.90. The monoisotopic (exact) mass is 184 g/mol. The molecule has 0 heterocycles. The summed E-state index contributed by atoms with van der Waals surface area (Å²) in [6, 6.07) is 4.11. The minimum absolute atomic E-state index is 0.961. The van der Waals surface area contributed by atoms with Gasteiger partial charge in [0.15, 0.2) is 0 Å². The van der Waals surface area contributed by atoms with Crippen molar-refractivity contribution in [3.63, 3.8) is 0 Å². The van der Waals surface area contributed by atoms with Crippen LogP contribution < -0.4 is 0 Å². The minimum atomic E-state index is 0.961. The number of thiol groups is 2. The van der Waals surface area contributed by atoms with Crippen LogP contribution in [0.4, 0.5) is 0 Å². The van der Waals surface area contributed by atoms with Crippen molar-refractivity contribution in [3.05, 3.63) is 23.3 Å². The van der Waals surface area contributed by atoms with Gasteiger partial charge in [-0.1, -0.05) is 13.0 Å². The summed E-state index contributed by atoms with van der Waals surface area (Å²) in [4.78, 5) is 1.97. The standard InChI is InChI=1S/C9H12S2/c1-3-7-4-5-8(10)9(11)6(7)2/h4-5,10-11H,3H2,1-2H3. The summed E-state index contributed by atoms with van der Waals surface area (Å²) < 4.78 is 0. The van der Waals surface area contributed by atoms with Gasteiger partial charge in [-0.25, -0.2) is 0 Å². The van der Waals surface area contributed by atoms with E-state index < -0.39 is 0 Å². The van der Waals surface area contributed by atoms with Gasteiger partial charge >= 0.3 is 0 Å². The average molecular weight is 184 g/mol. The first kappa shape index (κ1) is 9.01. The molecule has 0 aliphatic heterocycles. The van der Waals surface area contributed by atoms with Gasteiger partial charge in [0.25, 0.3) is 0 Å². The lowest BCUT2D eigenvalue weighted by molar-refractivity contribution is 1.05. The van der Waals surface area contributed by atoms with Crippen LogP contribution in [0.25, 0.3) is 0 Å².